The third-order valence-corrected chi connectivity index (χ3v) is 6.18. The van der Waals surface area contributed by atoms with Gasteiger partial charge >= 0.3 is 0 Å². The monoisotopic (exact) mass is 341 g/mol. The average molecular weight is 341 g/mol. The van der Waals surface area contributed by atoms with Crippen molar-refractivity contribution < 1.29 is 4.79 Å². The van der Waals surface area contributed by atoms with Gasteiger partial charge in [0.05, 0.1) is 11.6 Å². The summed E-state index contributed by atoms with van der Waals surface area (Å²) in [6.45, 7) is 2.58. The topological polar surface area (TPSA) is 58.4 Å². The fourth-order valence-electron chi connectivity index (χ4n) is 3.40. The molecular formula is C19H23N3OS. The van der Waals surface area contributed by atoms with Gasteiger partial charge in [-0.3, -0.25) is 9.69 Å². The summed E-state index contributed by atoms with van der Waals surface area (Å²) in [6, 6.07) is 12.9. The average Bonchev–Trinajstić information content (AvgIpc) is 3.19. The Balaban J connectivity index is 1.51. The Morgan fingerprint density at radius 1 is 1.29 bits per heavy atom. The summed E-state index contributed by atoms with van der Waals surface area (Å²) >= 11 is 1.85. The maximum Gasteiger partial charge on any atom is 0.240 e. The minimum Gasteiger partial charge on any atom is -0.353 e. The molecule has 1 saturated carbocycles. The number of hydrogen-bond acceptors (Lipinski definition) is 4. The van der Waals surface area contributed by atoms with Crippen LogP contribution in [0.3, 0.4) is 0 Å². The molecule has 1 fully saturated rings. The van der Waals surface area contributed by atoms with Crippen molar-refractivity contribution in [2.75, 3.05) is 13.1 Å². The van der Waals surface area contributed by atoms with E-state index in [1.165, 1.54) is 16.0 Å². The molecular weight excluding hydrogens is 318 g/mol. The minimum absolute atomic E-state index is 0.00309. The maximum absolute atomic E-state index is 12.2. The molecule has 1 aromatic heterocycles. The molecule has 2 heterocycles. The van der Waals surface area contributed by atoms with Crippen LogP contribution in [0.4, 0.5) is 0 Å². The van der Waals surface area contributed by atoms with Gasteiger partial charge < -0.3 is 11.1 Å². The Labute approximate surface area is 146 Å². The predicted octanol–water partition coefficient (Wildman–Crippen LogP) is 2.46. The van der Waals surface area contributed by atoms with Gasteiger partial charge in [-0.1, -0.05) is 30.3 Å². The van der Waals surface area contributed by atoms with Crippen LogP contribution in [0.25, 0.3) is 0 Å². The van der Waals surface area contributed by atoms with Crippen LogP contribution < -0.4 is 11.1 Å². The molecule has 2 aromatic rings. The molecule has 1 atom stereocenters. The standard InChI is InChI=1S/C19H23N3OS/c20-19(8-9-19)18(23)21-12-16(14-4-2-1-3-5-14)22-10-6-17-15(13-22)7-11-24-17/h1-5,7,11,16H,6,8-10,12-13,20H2,(H,21,23). The molecule has 0 bridgehead atoms. The molecule has 2 aliphatic rings. The van der Waals surface area contributed by atoms with Crippen LogP contribution in [0.1, 0.15) is 34.9 Å². The van der Waals surface area contributed by atoms with E-state index < -0.39 is 5.54 Å². The van der Waals surface area contributed by atoms with E-state index in [9.17, 15) is 4.79 Å². The van der Waals surface area contributed by atoms with Crippen molar-refractivity contribution in [2.45, 2.75) is 37.4 Å². The molecule has 24 heavy (non-hydrogen) atoms. The van der Waals surface area contributed by atoms with Gasteiger partial charge in [-0.15, -0.1) is 11.3 Å². The first-order chi connectivity index (χ1) is 11.7. The predicted molar refractivity (Wildman–Crippen MR) is 96.8 cm³/mol. The molecule has 0 radical (unpaired) electrons. The summed E-state index contributed by atoms with van der Waals surface area (Å²) in [7, 11) is 0. The Morgan fingerprint density at radius 2 is 2.08 bits per heavy atom. The minimum atomic E-state index is -0.607. The molecule has 0 spiro atoms. The number of fused-ring (bicyclic) bond motifs is 1. The molecule has 5 heteroatoms. The van der Waals surface area contributed by atoms with Gasteiger partial charge in [0, 0.05) is 24.5 Å². The lowest BCUT2D eigenvalue weighted by Gasteiger charge is -2.35. The highest BCUT2D eigenvalue weighted by atomic mass is 32.1. The van der Waals surface area contributed by atoms with Crippen molar-refractivity contribution in [1.82, 2.24) is 10.2 Å². The van der Waals surface area contributed by atoms with Crippen molar-refractivity contribution in [2.24, 2.45) is 5.73 Å². The first kappa shape index (κ1) is 15.8. The second-order valence-corrected chi connectivity index (χ2v) is 7.88. The number of thiophene rings is 1. The Morgan fingerprint density at radius 3 is 2.83 bits per heavy atom. The Hall–Kier alpha value is -1.69. The van der Waals surface area contributed by atoms with E-state index in [1.54, 1.807) is 0 Å². The number of benzene rings is 1. The van der Waals surface area contributed by atoms with E-state index in [-0.39, 0.29) is 11.9 Å². The third kappa shape index (κ3) is 3.11. The van der Waals surface area contributed by atoms with Gasteiger partial charge in [0.1, 0.15) is 0 Å². The highest BCUT2D eigenvalue weighted by Gasteiger charge is 2.46. The zero-order chi connectivity index (χ0) is 16.6. The van der Waals surface area contributed by atoms with Crippen molar-refractivity contribution in [1.29, 1.82) is 0 Å². The van der Waals surface area contributed by atoms with E-state index in [4.69, 9.17) is 5.73 Å². The fourth-order valence-corrected chi connectivity index (χ4v) is 4.29. The van der Waals surface area contributed by atoms with Crippen molar-refractivity contribution in [3.05, 3.63) is 57.8 Å². The lowest BCUT2D eigenvalue weighted by Crippen LogP contribution is -2.46. The first-order valence-corrected chi connectivity index (χ1v) is 9.45. The van der Waals surface area contributed by atoms with E-state index >= 15 is 0 Å². The van der Waals surface area contributed by atoms with E-state index in [2.05, 4.69) is 45.9 Å². The number of carbonyl (C=O) groups is 1. The molecule has 4 rings (SSSR count). The fraction of sp³-hybridized carbons (Fsp3) is 0.421. The molecule has 1 aliphatic heterocycles. The van der Waals surface area contributed by atoms with Crippen LogP contribution in [0, 0.1) is 0 Å². The summed E-state index contributed by atoms with van der Waals surface area (Å²) in [5.41, 5.74) is 8.09. The number of amides is 1. The van der Waals surface area contributed by atoms with Crippen LogP contribution in [0.15, 0.2) is 41.8 Å². The molecule has 1 unspecified atom stereocenters. The normalized spacial score (nSPS) is 20.2. The summed E-state index contributed by atoms with van der Waals surface area (Å²) in [5, 5.41) is 5.28. The molecule has 1 aromatic carbocycles. The Bertz CT molecular complexity index is 723. The number of carbonyl (C=O) groups excluding carboxylic acids is 1. The third-order valence-electron chi connectivity index (χ3n) is 5.16. The second-order valence-electron chi connectivity index (χ2n) is 6.88. The molecule has 126 valence electrons. The van der Waals surface area contributed by atoms with Crippen molar-refractivity contribution in [3.63, 3.8) is 0 Å². The summed E-state index contributed by atoms with van der Waals surface area (Å²) in [5.74, 6) is -0.00309. The summed E-state index contributed by atoms with van der Waals surface area (Å²) in [4.78, 5) is 16.2. The van der Waals surface area contributed by atoms with E-state index in [0.717, 1.165) is 32.4 Å². The number of rotatable bonds is 5. The first-order valence-electron chi connectivity index (χ1n) is 8.57. The Kier molecular flexibility index (Phi) is 4.16. The van der Waals surface area contributed by atoms with Gasteiger partial charge in [-0.25, -0.2) is 0 Å². The quantitative estimate of drug-likeness (QED) is 0.878. The second kappa shape index (κ2) is 6.31. The van der Waals surface area contributed by atoms with Crippen LogP contribution in [-0.2, 0) is 17.8 Å². The van der Waals surface area contributed by atoms with Gasteiger partial charge in [-0.05, 0) is 41.8 Å². The zero-order valence-electron chi connectivity index (χ0n) is 13.7. The SMILES string of the molecule is NC1(C(=O)NCC(c2ccccc2)N2CCc3sccc3C2)CC1. The van der Waals surface area contributed by atoms with E-state index in [0.29, 0.717) is 6.54 Å². The van der Waals surface area contributed by atoms with Crippen LogP contribution in [-0.4, -0.2) is 29.4 Å². The molecule has 3 N–H and O–H groups in total. The maximum atomic E-state index is 12.2. The molecule has 1 aliphatic carbocycles. The van der Waals surface area contributed by atoms with Gasteiger partial charge in [0.25, 0.3) is 0 Å². The summed E-state index contributed by atoms with van der Waals surface area (Å²) < 4.78 is 0. The number of nitrogens with one attached hydrogen (secondary N) is 1. The lowest BCUT2D eigenvalue weighted by atomic mass is 10.0. The number of hydrogen-bond donors (Lipinski definition) is 2. The van der Waals surface area contributed by atoms with E-state index in [1.807, 2.05) is 17.4 Å². The van der Waals surface area contributed by atoms with Crippen LogP contribution in [0.5, 0.6) is 0 Å². The van der Waals surface area contributed by atoms with Gasteiger partial charge in [0.2, 0.25) is 5.91 Å². The zero-order valence-corrected chi connectivity index (χ0v) is 14.5. The highest BCUT2D eigenvalue weighted by molar-refractivity contribution is 7.10. The van der Waals surface area contributed by atoms with Crippen molar-refractivity contribution in [3.8, 4) is 0 Å². The summed E-state index contributed by atoms with van der Waals surface area (Å²) in [6.07, 6.45) is 2.69. The molecule has 0 saturated heterocycles. The van der Waals surface area contributed by atoms with Gasteiger partial charge in [0.15, 0.2) is 0 Å². The lowest BCUT2D eigenvalue weighted by molar-refractivity contribution is -0.123. The smallest absolute Gasteiger partial charge is 0.240 e. The van der Waals surface area contributed by atoms with Crippen LogP contribution >= 0.6 is 11.3 Å². The number of nitrogens with two attached hydrogens (primary N) is 1. The molecule has 4 nitrogen and oxygen atoms in total. The largest absolute Gasteiger partial charge is 0.353 e. The van der Waals surface area contributed by atoms with Crippen molar-refractivity contribution >= 4 is 17.2 Å². The van der Waals surface area contributed by atoms with Crippen LogP contribution in [0.2, 0.25) is 0 Å². The van der Waals surface area contributed by atoms with Gasteiger partial charge in [-0.2, -0.15) is 0 Å². The molecule has 1 amide bonds. The highest BCUT2D eigenvalue weighted by Crippen LogP contribution is 2.33. The number of nitrogens with zero attached hydrogens (tertiary/aromatic N) is 1.